The number of benzene rings is 2. The number of carbonyl (C=O) groups excluding carboxylic acids is 2. The topological polar surface area (TPSA) is 81.2 Å². The van der Waals surface area contributed by atoms with Crippen molar-refractivity contribution >= 4 is 35.2 Å². The molecular weight excluding hydrogens is 442 g/mol. The molecule has 8 heteroatoms. The van der Waals surface area contributed by atoms with E-state index in [1.807, 2.05) is 31.2 Å². The van der Waals surface area contributed by atoms with Crippen LogP contribution in [0.25, 0.3) is 0 Å². The first-order valence-corrected chi connectivity index (χ1v) is 11.5. The number of likely N-dealkylation sites (tertiary alicyclic amines) is 1. The Morgan fingerprint density at radius 1 is 1.09 bits per heavy atom. The number of hydrogen-bond donors (Lipinski definition) is 1. The summed E-state index contributed by atoms with van der Waals surface area (Å²) in [4.78, 5) is 42.1. The summed E-state index contributed by atoms with van der Waals surface area (Å²) < 4.78 is 0. The van der Waals surface area contributed by atoms with Crippen LogP contribution in [0.3, 0.4) is 0 Å². The lowest BCUT2D eigenvalue weighted by Gasteiger charge is -2.35. The van der Waals surface area contributed by atoms with Crippen molar-refractivity contribution in [3.05, 3.63) is 64.7 Å². The Kier molecular flexibility index (Phi) is 6.34. The van der Waals surface area contributed by atoms with E-state index in [2.05, 4.69) is 0 Å². The van der Waals surface area contributed by atoms with E-state index in [0.29, 0.717) is 30.1 Å². The van der Waals surface area contributed by atoms with Crippen molar-refractivity contribution in [2.24, 2.45) is 0 Å². The highest BCUT2D eigenvalue weighted by Crippen LogP contribution is 2.38. The zero-order valence-corrected chi connectivity index (χ0v) is 19.6. The molecule has 174 valence electrons. The maximum atomic E-state index is 13.4. The molecule has 0 bridgehead atoms. The summed E-state index contributed by atoms with van der Waals surface area (Å²) in [6.07, 6.45) is 1.40. The molecule has 2 aromatic carbocycles. The van der Waals surface area contributed by atoms with Crippen LogP contribution in [0.4, 0.5) is 10.5 Å². The van der Waals surface area contributed by atoms with Crippen molar-refractivity contribution in [2.45, 2.75) is 37.6 Å². The number of halogens is 1. The molecule has 2 aromatic rings. The Morgan fingerprint density at radius 2 is 1.76 bits per heavy atom. The van der Waals surface area contributed by atoms with Crippen LogP contribution in [-0.4, -0.2) is 65.5 Å². The molecule has 2 heterocycles. The van der Waals surface area contributed by atoms with Crippen LogP contribution < -0.4 is 4.90 Å². The van der Waals surface area contributed by atoms with Gasteiger partial charge in [-0.2, -0.15) is 0 Å². The second-order valence-corrected chi connectivity index (χ2v) is 9.51. The van der Waals surface area contributed by atoms with Crippen LogP contribution in [0.15, 0.2) is 48.5 Å². The highest BCUT2D eigenvalue weighted by atomic mass is 35.5. The molecule has 2 aliphatic rings. The van der Waals surface area contributed by atoms with Gasteiger partial charge in [-0.05, 0) is 54.8 Å². The number of carbonyl (C=O) groups is 3. The van der Waals surface area contributed by atoms with Crippen molar-refractivity contribution in [2.75, 3.05) is 31.6 Å². The first-order valence-electron chi connectivity index (χ1n) is 11.1. The van der Waals surface area contributed by atoms with Gasteiger partial charge in [0.15, 0.2) is 0 Å². The Balaban J connectivity index is 1.58. The van der Waals surface area contributed by atoms with Gasteiger partial charge in [0, 0.05) is 54.8 Å². The molecule has 2 saturated heterocycles. The van der Waals surface area contributed by atoms with Crippen LogP contribution in [0.5, 0.6) is 0 Å². The highest BCUT2D eigenvalue weighted by Gasteiger charge is 2.49. The number of nitrogens with zero attached hydrogens (tertiary/aromatic N) is 3. The fourth-order valence-electron chi connectivity index (χ4n) is 4.97. The molecule has 33 heavy (non-hydrogen) atoms. The molecule has 0 aliphatic carbocycles. The first kappa shape index (κ1) is 23.1. The number of rotatable bonds is 4. The summed E-state index contributed by atoms with van der Waals surface area (Å²) in [6.45, 7) is 3.34. The summed E-state index contributed by atoms with van der Waals surface area (Å²) >= 11 is 6.06. The molecular formula is C25H28ClN3O4. The van der Waals surface area contributed by atoms with Gasteiger partial charge in [-0.15, -0.1) is 0 Å². The average molecular weight is 470 g/mol. The quantitative estimate of drug-likeness (QED) is 0.725. The van der Waals surface area contributed by atoms with Crippen molar-refractivity contribution in [3.8, 4) is 0 Å². The fraction of sp³-hybridized carbons (Fsp3) is 0.400. The number of amides is 3. The third-order valence-corrected chi connectivity index (χ3v) is 7.21. The van der Waals surface area contributed by atoms with Crippen molar-refractivity contribution in [1.82, 2.24) is 9.80 Å². The van der Waals surface area contributed by atoms with E-state index >= 15 is 0 Å². The predicted octanol–water partition coefficient (Wildman–Crippen LogP) is 4.25. The van der Waals surface area contributed by atoms with E-state index < -0.39 is 17.6 Å². The maximum absolute atomic E-state index is 13.4. The van der Waals surface area contributed by atoms with Crippen LogP contribution in [0.2, 0.25) is 5.02 Å². The first-order chi connectivity index (χ1) is 15.7. The van der Waals surface area contributed by atoms with Gasteiger partial charge in [-0.1, -0.05) is 30.7 Å². The average Bonchev–Trinajstić information content (AvgIpc) is 3.17. The number of carboxylic acid groups (broad SMARTS) is 1. The predicted molar refractivity (Wildman–Crippen MR) is 127 cm³/mol. The van der Waals surface area contributed by atoms with Gasteiger partial charge in [0.25, 0.3) is 5.91 Å². The Bertz CT molecular complexity index is 1060. The molecule has 0 unspecified atom stereocenters. The SMILES string of the molecule is CN(C(=O)O)[C@@H]1CN(C(=O)c2ccc(N3CCCCC3=O)cc2)C[C@@]1(C)c1ccc(Cl)cc1. The number of likely N-dealkylation sites (N-methyl/N-ethyl adjacent to an activating group) is 1. The molecule has 0 spiro atoms. The third-order valence-electron chi connectivity index (χ3n) is 6.96. The second-order valence-electron chi connectivity index (χ2n) is 9.07. The molecule has 0 saturated carbocycles. The van der Waals surface area contributed by atoms with E-state index in [-0.39, 0.29) is 18.4 Å². The lowest BCUT2D eigenvalue weighted by atomic mass is 9.77. The summed E-state index contributed by atoms with van der Waals surface area (Å²) in [5.41, 5.74) is 1.65. The van der Waals surface area contributed by atoms with Crippen LogP contribution in [0, 0.1) is 0 Å². The van der Waals surface area contributed by atoms with E-state index in [9.17, 15) is 19.5 Å². The standard InChI is InChI=1S/C25H28ClN3O4/c1-25(18-8-10-19(26)11-9-18)16-28(15-21(25)27(2)24(32)33)23(31)17-6-12-20(13-7-17)29-14-4-3-5-22(29)30/h6-13,21H,3-5,14-16H2,1-2H3,(H,32,33)/t21-,25+/m1/s1. The van der Waals surface area contributed by atoms with Gasteiger partial charge in [0.2, 0.25) is 5.91 Å². The lowest BCUT2D eigenvalue weighted by molar-refractivity contribution is -0.119. The second kappa shape index (κ2) is 9.06. The molecule has 1 N–H and O–H groups in total. The van der Waals surface area contributed by atoms with E-state index in [0.717, 1.165) is 24.1 Å². The van der Waals surface area contributed by atoms with Crippen molar-refractivity contribution < 1.29 is 19.5 Å². The summed E-state index contributed by atoms with van der Waals surface area (Å²) in [5.74, 6) is -0.0499. The third kappa shape index (κ3) is 4.42. The number of piperidine rings is 1. The summed E-state index contributed by atoms with van der Waals surface area (Å²) in [5, 5.41) is 10.3. The smallest absolute Gasteiger partial charge is 0.407 e. The molecule has 0 aromatic heterocycles. The largest absolute Gasteiger partial charge is 0.465 e. The number of anilines is 1. The van der Waals surface area contributed by atoms with Crippen LogP contribution in [0.1, 0.15) is 42.1 Å². The van der Waals surface area contributed by atoms with Gasteiger partial charge < -0.3 is 19.8 Å². The molecule has 2 fully saturated rings. The summed E-state index contributed by atoms with van der Waals surface area (Å²) in [6, 6.07) is 14.0. The minimum absolute atomic E-state index is 0.109. The fourth-order valence-corrected chi connectivity index (χ4v) is 5.10. The van der Waals surface area contributed by atoms with Crippen LogP contribution >= 0.6 is 11.6 Å². The van der Waals surface area contributed by atoms with E-state index in [1.54, 1.807) is 41.1 Å². The van der Waals surface area contributed by atoms with Crippen molar-refractivity contribution in [3.63, 3.8) is 0 Å². The molecule has 2 aliphatic heterocycles. The normalized spacial score (nSPS) is 23.0. The summed E-state index contributed by atoms with van der Waals surface area (Å²) in [7, 11) is 1.54. The van der Waals surface area contributed by atoms with Crippen LogP contribution in [-0.2, 0) is 10.2 Å². The van der Waals surface area contributed by atoms with Gasteiger partial charge in [-0.25, -0.2) is 4.79 Å². The monoisotopic (exact) mass is 469 g/mol. The Labute approximate surface area is 198 Å². The Hall–Kier alpha value is -3.06. The van der Waals surface area contributed by atoms with E-state index in [4.69, 9.17) is 11.6 Å². The molecule has 2 atom stereocenters. The zero-order chi connectivity index (χ0) is 23.8. The maximum Gasteiger partial charge on any atom is 0.407 e. The minimum Gasteiger partial charge on any atom is -0.465 e. The zero-order valence-electron chi connectivity index (χ0n) is 18.8. The molecule has 0 radical (unpaired) electrons. The molecule has 7 nitrogen and oxygen atoms in total. The van der Waals surface area contributed by atoms with Gasteiger partial charge in [0.1, 0.15) is 0 Å². The lowest BCUT2D eigenvalue weighted by Crippen LogP contribution is -2.48. The molecule has 3 amide bonds. The van der Waals surface area contributed by atoms with E-state index in [1.165, 1.54) is 4.90 Å². The molecule has 4 rings (SSSR count). The van der Waals surface area contributed by atoms with Gasteiger partial charge in [-0.3, -0.25) is 9.59 Å². The Morgan fingerprint density at radius 3 is 2.36 bits per heavy atom. The van der Waals surface area contributed by atoms with Crippen molar-refractivity contribution in [1.29, 1.82) is 0 Å². The van der Waals surface area contributed by atoms with Gasteiger partial charge in [0.05, 0.1) is 6.04 Å². The highest BCUT2D eigenvalue weighted by molar-refractivity contribution is 6.30. The number of hydrogen-bond acceptors (Lipinski definition) is 3. The minimum atomic E-state index is -1.04. The van der Waals surface area contributed by atoms with Gasteiger partial charge >= 0.3 is 6.09 Å².